The first kappa shape index (κ1) is 23.5. The largest absolute Gasteiger partial charge is 0.497 e. The fraction of sp³-hybridized carbons (Fsp3) is 0.0870. The van der Waals surface area contributed by atoms with E-state index in [9.17, 15) is 18.3 Å². The van der Waals surface area contributed by atoms with E-state index >= 15 is 0 Å². The summed E-state index contributed by atoms with van der Waals surface area (Å²) in [4.78, 5) is 15.5. The molecule has 1 amide bonds. The molecular weight excluding hydrogens is 524 g/mol. The zero-order chi connectivity index (χ0) is 24.3. The molecule has 9 nitrogen and oxygen atoms in total. The topological polar surface area (TPSA) is 124 Å². The molecule has 0 radical (unpaired) electrons. The molecule has 1 heterocycles. The number of sulfonamides is 1. The number of nitrogens with zero attached hydrogens (tertiary/aromatic N) is 3. The fourth-order valence-corrected chi connectivity index (χ4v) is 5.08. The van der Waals surface area contributed by atoms with Gasteiger partial charge in [0.2, 0.25) is 5.88 Å². The number of aromatic hydroxyl groups is 1. The van der Waals surface area contributed by atoms with Crippen LogP contribution >= 0.6 is 15.9 Å². The Bertz CT molecular complexity index is 1470. The van der Waals surface area contributed by atoms with Crippen LogP contribution in [0, 0.1) is 0 Å². The van der Waals surface area contributed by atoms with E-state index < -0.39 is 22.5 Å². The summed E-state index contributed by atoms with van der Waals surface area (Å²) in [6.07, 6.45) is 0. The van der Waals surface area contributed by atoms with Crippen molar-refractivity contribution in [1.82, 2.24) is 4.98 Å². The summed E-state index contributed by atoms with van der Waals surface area (Å²) in [6, 6.07) is 19.3. The molecule has 0 bridgehead atoms. The zero-order valence-electron chi connectivity index (χ0n) is 17.8. The number of nitrogens with one attached hydrogen (secondary N) is 1. The van der Waals surface area contributed by atoms with Crippen LogP contribution in [0.15, 0.2) is 92.4 Å². The second-order valence-electron chi connectivity index (χ2n) is 7.13. The number of azo groups is 1. The third-order valence-electron chi connectivity index (χ3n) is 4.95. The highest BCUT2D eigenvalue weighted by atomic mass is 79.9. The molecule has 4 aromatic rings. The molecule has 11 heteroatoms. The molecule has 1 aromatic heterocycles. The lowest BCUT2D eigenvalue weighted by atomic mass is 10.2. The van der Waals surface area contributed by atoms with Crippen LogP contribution in [0.4, 0.5) is 11.4 Å². The van der Waals surface area contributed by atoms with Crippen molar-refractivity contribution < 1.29 is 23.1 Å². The van der Waals surface area contributed by atoms with Crippen molar-refractivity contribution in [3.63, 3.8) is 0 Å². The summed E-state index contributed by atoms with van der Waals surface area (Å²) in [5, 5.41) is 18.3. The average molecular weight is 543 g/mol. The summed E-state index contributed by atoms with van der Waals surface area (Å²) in [5.74, 6) is -0.541. The van der Waals surface area contributed by atoms with Gasteiger partial charge < -0.3 is 14.8 Å². The molecule has 0 saturated carbocycles. The predicted molar refractivity (Wildman–Crippen MR) is 131 cm³/mol. The smallest absolute Gasteiger partial charge is 0.285 e. The monoisotopic (exact) mass is 542 g/mol. The van der Waals surface area contributed by atoms with Gasteiger partial charge in [0.15, 0.2) is 5.69 Å². The van der Waals surface area contributed by atoms with E-state index in [0.29, 0.717) is 16.7 Å². The molecule has 2 N–H and O–H groups in total. The Morgan fingerprint density at radius 1 is 1.09 bits per heavy atom. The Morgan fingerprint density at radius 3 is 2.47 bits per heavy atom. The van der Waals surface area contributed by atoms with E-state index in [4.69, 9.17) is 4.74 Å². The highest BCUT2D eigenvalue weighted by molar-refractivity contribution is 9.10. The maximum absolute atomic E-state index is 13.3. The van der Waals surface area contributed by atoms with Crippen molar-refractivity contribution in [3.8, 4) is 11.6 Å². The van der Waals surface area contributed by atoms with Crippen LogP contribution in [0.2, 0.25) is 0 Å². The lowest BCUT2D eigenvalue weighted by Gasteiger charge is -2.23. The Hall–Kier alpha value is -3.70. The standard InChI is InChI=1S/C23H19BrN4O5S/c1-33-17-10-8-16(9-11-17)28(34(31,32)18-5-3-2-4-6-18)14-21(29)26-27-22-19-13-15(24)7-12-20(19)25-23(22)30/h2-13,25,30H,14H2,1H3. The average Bonchev–Trinajstić information content (AvgIpc) is 3.15. The van der Waals surface area contributed by atoms with Crippen molar-refractivity contribution in [2.45, 2.75) is 4.90 Å². The van der Waals surface area contributed by atoms with Gasteiger partial charge in [-0.2, -0.15) is 0 Å². The molecule has 34 heavy (non-hydrogen) atoms. The molecule has 0 spiro atoms. The normalized spacial score (nSPS) is 11.7. The van der Waals surface area contributed by atoms with E-state index in [1.54, 1.807) is 48.5 Å². The van der Waals surface area contributed by atoms with Crippen LogP contribution in [-0.4, -0.2) is 38.1 Å². The minimum absolute atomic E-state index is 0.0229. The maximum atomic E-state index is 13.3. The molecule has 0 unspecified atom stereocenters. The van der Waals surface area contributed by atoms with Crippen LogP contribution < -0.4 is 9.04 Å². The third-order valence-corrected chi connectivity index (χ3v) is 7.23. The molecule has 4 rings (SSSR count). The number of carbonyl (C=O) groups is 1. The summed E-state index contributed by atoms with van der Waals surface area (Å²) >= 11 is 3.35. The van der Waals surface area contributed by atoms with E-state index in [1.807, 2.05) is 0 Å². The Morgan fingerprint density at radius 2 is 1.79 bits per heavy atom. The van der Waals surface area contributed by atoms with Crippen molar-refractivity contribution in [2.75, 3.05) is 18.0 Å². The number of hydrogen-bond donors (Lipinski definition) is 2. The van der Waals surface area contributed by atoms with Gasteiger partial charge in [-0.1, -0.05) is 34.1 Å². The summed E-state index contributed by atoms with van der Waals surface area (Å²) < 4.78 is 33.5. The number of H-pyrrole nitrogens is 1. The van der Waals surface area contributed by atoms with E-state index in [-0.39, 0.29) is 22.2 Å². The third kappa shape index (κ3) is 4.80. The zero-order valence-corrected chi connectivity index (χ0v) is 20.2. The highest BCUT2D eigenvalue weighted by Crippen LogP contribution is 2.37. The van der Waals surface area contributed by atoms with E-state index in [2.05, 4.69) is 31.1 Å². The number of halogens is 1. The lowest BCUT2D eigenvalue weighted by molar-refractivity contribution is -0.116. The summed E-state index contributed by atoms with van der Waals surface area (Å²) in [6.45, 7) is -0.597. The van der Waals surface area contributed by atoms with Crippen LogP contribution in [0.3, 0.4) is 0 Å². The Kier molecular flexibility index (Phi) is 6.66. The number of rotatable bonds is 7. The van der Waals surface area contributed by atoms with Gasteiger partial charge in [0.1, 0.15) is 12.3 Å². The fourth-order valence-electron chi connectivity index (χ4n) is 3.28. The van der Waals surface area contributed by atoms with Crippen LogP contribution in [-0.2, 0) is 14.8 Å². The van der Waals surface area contributed by atoms with Gasteiger partial charge in [0.25, 0.3) is 15.9 Å². The van der Waals surface area contributed by atoms with Gasteiger partial charge in [0, 0.05) is 9.86 Å². The first-order chi connectivity index (χ1) is 16.3. The molecule has 0 saturated heterocycles. The number of hydrogen-bond acceptors (Lipinski definition) is 6. The molecule has 0 fully saturated rings. The second-order valence-corrected chi connectivity index (χ2v) is 9.91. The summed E-state index contributed by atoms with van der Waals surface area (Å²) in [7, 11) is -2.58. The number of anilines is 1. The van der Waals surface area contributed by atoms with E-state index in [0.717, 1.165) is 8.78 Å². The van der Waals surface area contributed by atoms with Crippen molar-refractivity contribution >= 4 is 54.1 Å². The quantitative estimate of drug-likeness (QED) is 0.312. The van der Waals surface area contributed by atoms with E-state index in [1.165, 1.54) is 31.4 Å². The Labute approximate surface area is 203 Å². The maximum Gasteiger partial charge on any atom is 0.285 e. The number of benzene rings is 3. The molecule has 0 aliphatic heterocycles. The SMILES string of the molecule is COc1ccc(N(CC(=O)N=Nc2c(O)[nH]c3ccc(Br)cc23)S(=O)(=O)c2ccccc2)cc1. The number of amides is 1. The lowest BCUT2D eigenvalue weighted by Crippen LogP contribution is -2.35. The number of ether oxygens (including phenoxy) is 1. The minimum atomic E-state index is -4.08. The summed E-state index contributed by atoms with van der Waals surface area (Å²) in [5.41, 5.74) is 0.937. The van der Waals surface area contributed by atoms with Crippen LogP contribution in [0.5, 0.6) is 11.6 Å². The van der Waals surface area contributed by atoms with Gasteiger partial charge in [-0.25, -0.2) is 8.42 Å². The van der Waals surface area contributed by atoms with Crippen molar-refractivity contribution in [2.24, 2.45) is 10.2 Å². The number of carbonyl (C=O) groups excluding carboxylic acids is 1. The Balaban J connectivity index is 1.67. The van der Waals surface area contributed by atoms with Crippen molar-refractivity contribution in [1.29, 1.82) is 0 Å². The second kappa shape index (κ2) is 9.65. The number of fused-ring (bicyclic) bond motifs is 1. The molecule has 174 valence electrons. The number of methoxy groups -OCH3 is 1. The molecule has 0 aliphatic carbocycles. The first-order valence-corrected chi connectivity index (χ1v) is 12.2. The highest BCUT2D eigenvalue weighted by Gasteiger charge is 2.27. The molecule has 0 aliphatic rings. The van der Waals surface area contributed by atoms with Gasteiger partial charge >= 0.3 is 0 Å². The van der Waals surface area contributed by atoms with Gasteiger partial charge in [-0.05, 0) is 54.6 Å². The number of aromatic nitrogens is 1. The molecular formula is C23H19BrN4O5S. The number of aromatic amines is 1. The van der Waals surface area contributed by atoms with Crippen molar-refractivity contribution in [3.05, 3.63) is 77.3 Å². The first-order valence-electron chi connectivity index (χ1n) is 9.96. The minimum Gasteiger partial charge on any atom is -0.497 e. The van der Waals surface area contributed by atoms with Crippen LogP contribution in [0.25, 0.3) is 10.9 Å². The van der Waals surface area contributed by atoms with Gasteiger partial charge in [0.05, 0.1) is 23.2 Å². The van der Waals surface area contributed by atoms with Gasteiger partial charge in [-0.3, -0.25) is 9.10 Å². The molecule has 3 aromatic carbocycles. The van der Waals surface area contributed by atoms with Crippen LogP contribution in [0.1, 0.15) is 0 Å². The van der Waals surface area contributed by atoms with Gasteiger partial charge in [-0.15, -0.1) is 10.2 Å². The molecule has 0 atom stereocenters. The predicted octanol–water partition coefficient (Wildman–Crippen LogP) is 5.15.